The Kier molecular flexibility index (Phi) is 3.72. The summed E-state index contributed by atoms with van der Waals surface area (Å²) < 4.78 is 1.54. The smallest absolute Gasteiger partial charge is 0.250 e. The van der Waals surface area contributed by atoms with Crippen LogP contribution in [0.2, 0.25) is 5.02 Å². The van der Waals surface area contributed by atoms with Gasteiger partial charge >= 0.3 is 0 Å². The van der Waals surface area contributed by atoms with Gasteiger partial charge in [-0.2, -0.15) is 0 Å². The van der Waals surface area contributed by atoms with E-state index in [1.807, 2.05) is 31.2 Å². The molecular formula is C14H15ClN2O. The molecule has 2 rings (SSSR count). The number of hydrogen-bond donors (Lipinski definition) is 1. The van der Waals surface area contributed by atoms with Gasteiger partial charge in [0, 0.05) is 24.3 Å². The molecule has 18 heavy (non-hydrogen) atoms. The molecule has 94 valence electrons. The number of hydrogen-bond acceptors (Lipinski definition) is 2. The van der Waals surface area contributed by atoms with Crippen LogP contribution in [0, 0.1) is 0 Å². The summed E-state index contributed by atoms with van der Waals surface area (Å²) in [4.78, 5) is 11.3. The molecule has 0 saturated carbocycles. The van der Waals surface area contributed by atoms with Gasteiger partial charge in [-0.3, -0.25) is 4.79 Å². The van der Waals surface area contributed by atoms with E-state index < -0.39 is 0 Å². The highest BCUT2D eigenvalue weighted by Crippen LogP contribution is 2.25. The fraction of sp³-hybridized carbons (Fsp3) is 0.214. The molecule has 4 heteroatoms. The van der Waals surface area contributed by atoms with E-state index in [1.54, 1.807) is 29.9 Å². The van der Waals surface area contributed by atoms with Gasteiger partial charge in [0.15, 0.2) is 0 Å². The van der Waals surface area contributed by atoms with Crippen molar-refractivity contribution in [3.05, 3.63) is 63.5 Å². The molecule has 2 aromatic rings. The number of benzene rings is 1. The molecule has 0 aliphatic heterocycles. The first kappa shape index (κ1) is 12.7. The van der Waals surface area contributed by atoms with E-state index in [-0.39, 0.29) is 11.6 Å². The number of anilines is 1. The van der Waals surface area contributed by atoms with Crippen molar-refractivity contribution in [2.45, 2.75) is 13.0 Å². The van der Waals surface area contributed by atoms with Crippen molar-refractivity contribution >= 4 is 17.3 Å². The van der Waals surface area contributed by atoms with Crippen molar-refractivity contribution in [1.29, 1.82) is 0 Å². The van der Waals surface area contributed by atoms with Crippen molar-refractivity contribution < 1.29 is 0 Å². The van der Waals surface area contributed by atoms with E-state index >= 15 is 0 Å². The first-order valence-corrected chi connectivity index (χ1v) is 6.13. The van der Waals surface area contributed by atoms with Crippen molar-refractivity contribution in [3.63, 3.8) is 0 Å². The fourth-order valence-electron chi connectivity index (χ4n) is 1.83. The quantitative estimate of drug-likeness (QED) is 0.922. The van der Waals surface area contributed by atoms with Crippen LogP contribution in [0.15, 0.2) is 47.4 Å². The minimum Gasteiger partial charge on any atom is -0.377 e. The Morgan fingerprint density at radius 2 is 1.94 bits per heavy atom. The Morgan fingerprint density at radius 3 is 2.61 bits per heavy atom. The largest absolute Gasteiger partial charge is 0.377 e. The molecule has 1 atom stereocenters. The van der Waals surface area contributed by atoms with Gasteiger partial charge in [-0.05, 0) is 24.6 Å². The van der Waals surface area contributed by atoms with E-state index in [4.69, 9.17) is 11.6 Å². The summed E-state index contributed by atoms with van der Waals surface area (Å²) in [5.74, 6) is 0. The number of aryl methyl sites for hydroxylation is 1. The Labute approximate surface area is 111 Å². The zero-order valence-electron chi connectivity index (χ0n) is 10.4. The predicted octanol–water partition coefficient (Wildman–Crippen LogP) is 3.21. The average Bonchev–Trinajstić information content (AvgIpc) is 2.34. The third-order valence-electron chi connectivity index (χ3n) is 2.84. The second kappa shape index (κ2) is 5.27. The van der Waals surface area contributed by atoms with E-state index in [0.29, 0.717) is 0 Å². The summed E-state index contributed by atoms with van der Waals surface area (Å²) >= 11 is 6.15. The SMILES string of the molecule is CC(Nc1ccc(=O)n(C)c1)c1ccccc1Cl. The van der Waals surface area contributed by atoms with Crippen molar-refractivity contribution in [3.8, 4) is 0 Å². The first-order valence-electron chi connectivity index (χ1n) is 5.75. The number of rotatable bonds is 3. The molecule has 1 N–H and O–H groups in total. The third-order valence-corrected chi connectivity index (χ3v) is 3.18. The standard InChI is InChI=1S/C14H15ClN2O/c1-10(12-5-3-4-6-13(12)15)16-11-7-8-14(18)17(2)9-11/h3-10,16H,1-2H3. The normalized spacial score (nSPS) is 12.2. The number of halogens is 1. The molecular weight excluding hydrogens is 248 g/mol. The zero-order chi connectivity index (χ0) is 13.1. The summed E-state index contributed by atoms with van der Waals surface area (Å²) in [7, 11) is 1.73. The van der Waals surface area contributed by atoms with Gasteiger partial charge in [-0.1, -0.05) is 29.8 Å². The van der Waals surface area contributed by atoms with Crippen LogP contribution in [0.25, 0.3) is 0 Å². The maximum Gasteiger partial charge on any atom is 0.250 e. The molecule has 0 aliphatic carbocycles. The van der Waals surface area contributed by atoms with Gasteiger partial charge in [-0.25, -0.2) is 0 Å². The lowest BCUT2D eigenvalue weighted by molar-refractivity contribution is 0.840. The van der Waals surface area contributed by atoms with Crippen LogP contribution in [0.3, 0.4) is 0 Å². The van der Waals surface area contributed by atoms with Gasteiger partial charge in [0.1, 0.15) is 0 Å². The van der Waals surface area contributed by atoms with E-state index in [1.165, 1.54) is 0 Å². The Morgan fingerprint density at radius 1 is 1.22 bits per heavy atom. The predicted molar refractivity (Wildman–Crippen MR) is 75.2 cm³/mol. The number of nitrogens with zero attached hydrogens (tertiary/aromatic N) is 1. The monoisotopic (exact) mass is 262 g/mol. The maximum absolute atomic E-state index is 11.3. The summed E-state index contributed by atoms with van der Waals surface area (Å²) in [5.41, 5.74) is 1.91. The molecule has 0 aliphatic rings. The lowest BCUT2D eigenvalue weighted by atomic mass is 10.1. The van der Waals surface area contributed by atoms with Crippen molar-refractivity contribution in [2.24, 2.45) is 7.05 Å². The highest BCUT2D eigenvalue weighted by Gasteiger charge is 2.08. The number of pyridine rings is 1. The zero-order valence-corrected chi connectivity index (χ0v) is 11.1. The second-order valence-corrected chi connectivity index (χ2v) is 4.66. The van der Waals surface area contributed by atoms with Crippen LogP contribution < -0.4 is 10.9 Å². The van der Waals surface area contributed by atoms with Crippen molar-refractivity contribution in [2.75, 3.05) is 5.32 Å². The van der Waals surface area contributed by atoms with Gasteiger partial charge in [-0.15, -0.1) is 0 Å². The lowest BCUT2D eigenvalue weighted by Gasteiger charge is -2.17. The third kappa shape index (κ3) is 2.74. The molecule has 0 fully saturated rings. The minimum absolute atomic E-state index is 0.0223. The van der Waals surface area contributed by atoms with Crippen LogP contribution >= 0.6 is 11.6 Å². The Bertz CT molecular complexity index is 607. The van der Waals surface area contributed by atoms with E-state index in [0.717, 1.165) is 16.3 Å². The van der Waals surface area contributed by atoms with Crippen LogP contribution in [-0.2, 0) is 7.05 Å². The number of aromatic nitrogens is 1. The van der Waals surface area contributed by atoms with E-state index in [2.05, 4.69) is 5.32 Å². The van der Waals surface area contributed by atoms with Crippen LogP contribution in [0.5, 0.6) is 0 Å². The number of nitrogens with one attached hydrogen (secondary N) is 1. The van der Waals surface area contributed by atoms with E-state index in [9.17, 15) is 4.79 Å². The highest BCUT2D eigenvalue weighted by molar-refractivity contribution is 6.31. The molecule has 1 aromatic carbocycles. The summed E-state index contributed by atoms with van der Waals surface area (Å²) in [6, 6.07) is 11.1. The average molecular weight is 263 g/mol. The molecule has 1 aromatic heterocycles. The summed E-state index contributed by atoms with van der Waals surface area (Å²) in [5, 5.41) is 4.06. The lowest BCUT2D eigenvalue weighted by Crippen LogP contribution is -2.16. The highest BCUT2D eigenvalue weighted by atomic mass is 35.5. The van der Waals surface area contributed by atoms with Gasteiger partial charge in [0.2, 0.25) is 5.56 Å². The minimum atomic E-state index is -0.0223. The summed E-state index contributed by atoms with van der Waals surface area (Å²) in [6.07, 6.45) is 1.77. The molecule has 0 saturated heterocycles. The Balaban J connectivity index is 2.21. The topological polar surface area (TPSA) is 34.0 Å². The fourth-order valence-corrected chi connectivity index (χ4v) is 2.13. The van der Waals surface area contributed by atoms with Gasteiger partial charge in [0.05, 0.1) is 11.7 Å². The molecule has 0 radical (unpaired) electrons. The van der Waals surface area contributed by atoms with Crippen molar-refractivity contribution in [1.82, 2.24) is 4.57 Å². The molecule has 1 heterocycles. The Hall–Kier alpha value is -1.74. The molecule has 0 spiro atoms. The van der Waals surface area contributed by atoms with Gasteiger partial charge < -0.3 is 9.88 Å². The molecule has 3 nitrogen and oxygen atoms in total. The van der Waals surface area contributed by atoms with Crippen LogP contribution in [-0.4, -0.2) is 4.57 Å². The van der Waals surface area contributed by atoms with Gasteiger partial charge in [0.25, 0.3) is 0 Å². The first-order chi connectivity index (χ1) is 8.58. The second-order valence-electron chi connectivity index (χ2n) is 4.25. The summed E-state index contributed by atoms with van der Waals surface area (Å²) in [6.45, 7) is 2.03. The molecule has 0 bridgehead atoms. The van der Waals surface area contributed by atoms with Crippen LogP contribution in [0.1, 0.15) is 18.5 Å². The molecule has 0 amide bonds. The maximum atomic E-state index is 11.3. The molecule has 1 unspecified atom stereocenters. The van der Waals surface area contributed by atoms with Crippen LogP contribution in [0.4, 0.5) is 5.69 Å².